The van der Waals surface area contributed by atoms with Crippen molar-refractivity contribution in [3.8, 4) is 22.8 Å². The molecule has 0 saturated carbocycles. The average molecular weight is 257 g/mol. The van der Waals surface area contributed by atoms with Crippen LogP contribution >= 0.6 is 0 Å². The van der Waals surface area contributed by atoms with E-state index in [1.807, 2.05) is 32.2 Å². The first-order valence-electron chi connectivity index (χ1n) is 6.18. The van der Waals surface area contributed by atoms with Gasteiger partial charge in [-0.3, -0.25) is 0 Å². The van der Waals surface area contributed by atoms with Gasteiger partial charge in [0.25, 0.3) is 0 Å². The fourth-order valence-electron chi connectivity index (χ4n) is 2.11. The number of anilines is 1. The number of hydrogen-bond donors (Lipinski definition) is 1. The molecule has 1 N–H and O–H groups in total. The minimum absolute atomic E-state index is 0.584. The summed E-state index contributed by atoms with van der Waals surface area (Å²) in [7, 11) is 1.84. The van der Waals surface area contributed by atoms with Crippen LogP contribution in [0.15, 0.2) is 24.5 Å². The van der Waals surface area contributed by atoms with Crippen LogP contribution in [-0.4, -0.2) is 30.2 Å². The molecule has 3 rings (SSSR count). The second kappa shape index (κ2) is 4.76. The Morgan fingerprint density at radius 2 is 1.79 bits per heavy atom. The summed E-state index contributed by atoms with van der Waals surface area (Å²) in [6, 6.07) is 5.88. The van der Waals surface area contributed by atoms with Crippen molar-refractivity contribution in [1.82, 2.24) is 9.97 Å². The molecule has 0 bridgehead atoms. The topological polar surface area (TPSA) is 56.3 Å². The molecule has 2 aromatic rings. The SMILES string of the molecule is CNc1cc(-c2cc3c(cc2C)OCCO3)ncn1. The van der Waals surface area contributed by atoms with Gasteiger partial charge in [0.2, 0.25) is 0 Å². The molecule has 0 radical (unpaired) electrons. The first-order chi connectivity index (χ1) is 9.28. The lowest BCUT2D eigenvalue weighted by Crippen LogP contribution is -2.15. The summed E-state index contributed by atoms with van der Waals surface area (Å²) < 4.78 is 11.2. The molecule has 98 valence electrons. The van der Waals surface area contributed by atoms with Crippen LogP contribution in [0, 0.1) is 6.92 Å². The number of nitrogens with zero attached hydrogens (tertiary/aromatic N) is 2. The molecule has 1 aliphatic heterocycles. The average Bonchev–Trinajstić information content (AvgIpc) is 2.46. The molecule has 0 unspecified atom stereocenters. The summed E-state index contributed by atoms with van der Waals surface area (Å²) in [4.78, 5) is 8.44. The summed E-state index contributed by atoms with van der Waals surface area (Å²) >= 11 is 0. The van der Waals surface area contributed by atoms with Crippen molar-refractivity contribution in [3.05, 3.63) is 30.1 Å². The molecule has 0 atom stereocenters. The monoisotopic (exact) mass is 257 g/mol. The molecule has 1 aromatic carbocycles. The molecule has 5 heteroatoms. The zero-order valence-corrected chi connectivity index (χ0v) is 10.9. The molecule has 5 nitrogen and oxygen atoms in total. The van der Waals surface area contributed by atoms with Gasteiger partial charge in [0, 0.05) is 18.7 Å². The molecule has 0 saturated heterocycles. The van der Waals surface area contributed by atoms with Crippen LogP contribution in [0.2, 0.25) is 0 Å². The van der Waals surface area contributed by atoms with Gasteiger partial charge in [-0.25, -0.2) is 9.97 Å². The van der Waals surface area contributed by atoms with Gasteiger partial charge in [-0.2, -0.15) is 0 Å². The largest absolute Gasteiger partial charge is 0.486 e. The molecule has 0 aliphatic carbocycles. The molecule has 0 spiro atoms. The van der Waals surface area contributed by atoms with Crippen molar-refractivity contribution in [2.24, 2.45) is 0 Å². The van der Waals surface area contributed by atoms with E-state index in [0.717, 1.165) is 34.1 Å². The Hall–Kier alpha value is -2.30. The Bertz CT molecular complexity index is 614. The molecule has 0 fully saturated rings. The van der Waals surface area contributed by atoms with E-state index in [4.69, 9.17) is 9.47 Å². The van der Waals surface area contributed by atoms with Gasteiger partial charge in [-0.05, 0) is 24.6 Å². The van der Waals surface area contributed by atoms with Crippen molar-refractivity contribution < 1.29 is 9.47 Å². The van der Waals surface area contributed by atoms with E-state index >= 15 is 0 Å². The first-order valence-corrected chi connectivity index (χ1v) is 6.18. The second-order valence-corrected chi connectivity index (χ2v) is 4.35. The maximum Gasteiger partial charge on any atom is 0.162 e. The summed E-state index contributed by atoms with van der Waals surface area (Å²) in [5, 5.41) is 3.01. The van der Waals surface area contributed by atoms with E-state index in [-0.39, 0.29) is 0 Å². The normalized spacial score (nSPS) is 13.2. The van der Waals surface area contributed by atoms with Crippen molar-refractivity contribution in [1.29, 1.82) is 0 Å². The highest BCUT2D eigenvalue weighted by Gasteiger charge is 2.15. The number of fused-ring (bicyclic) bond motifs is 1. The summed E-state index contributed by atoms with van der Waals surface area (Å²) in [5.41, 5.74) is 3.00. The number of nitrogens with one attached hydrogen (secondary N) is 1. The Kier molecular flexibility index (Phi) is 2.95. The Morgan fingerprint density at radius 1 is 1.05 bits per heavy atom. The van der Waals surface area contributed by atoms with E-state index in [1.165, 1.54) is 0 Å². The summed E-state index contributed by atoms with van der Waals surface area (Å²) in [5.74, 6) is 2.37. The molecule has 2 heterocycles. The third-order valence-electron chi connectivity index (χ3n) is 3.09. The molecular weight excluding hydrogens is 242 g/mol. The van der Waals surface area contributed by atoms with E-state index in [0.29, 0.717) is 13.2 Å². The minimum Gasteiger partial charge on any atom is -0.486 e. The summed E-state index contributed by atoms with van der Waals surface area (Å²) in [6.45, 7) is 3.22. The number of ether oxygens (including phenoxy) is 2. The van der Waals surface area contributed by atoms with Crippen LogP contribution in [0.4, 0.5) is 5.82 Å². The van der Waals surface area contributed by atoms with Gasteiger partial charge in [-0.15, -0.1) is 0 Å². The maximum atomic E-state index is 5.61. The zero-order valence-electron chi connectivity index (χ0n) is 10.9. The number of rotatable bonds is 2. The predicted molar refractivity (Wildman–Crippen MR) is 72.7 cm³/mol. The number of aryl methyl sites for hydroxylation is 1. The Balaban J connectivity index is 2.08. The fraction of sp³-hybridized carbons (Fsp3) is 0.286. The number of aromatic nitrogens is 2. The van der Waals surface area contributed by atoms with E-state index < -0.39 is 0 Å². The first kappa shape index (κ1) is 11.8. The van der Waals surface area contributed by atoms with Gasteiger partial charge in [0.15, 0.2) is 11.5 Å². The van der Waals surface area contributed by atoms with Crippen LogP contribution in [0.1, 0.15) is 5.56 Å². The Labute approximate surface area is 111 Å². The lowest BCUT2D eigenvalue weighted by Gasteiger charge is -2.20. The zero-order chi connectivity index (χ0) is 13.2. The highest BCUT2D eigenvalue weighted by molar-refractivity contribution is 5.69. The Morgan fingerprint density at radius 3 is 2.53 bits per heavy atom. The fourth-order valence-corrected chi connectivity index (χ4v) is 2.11. The van der Waals surface area contributed by atoms with Crippen LogP contribution in [0.25, 0.3) is 11.3 Å². The lowest BCUT2D eigenvalue weighted by atomic mass is 10.0. The minimum atomic E-state index is 0.584. The molecule has 1 aliphatic rings. The van der Waals surface area contributed by atoms with Gasteiger partial charge >= 0.3 is 0 Å². The van der Waals surface area contributed by atoms with Crippen LogP contribution < -0.4 is 14.8 Å². The molecular formula is C14H15N3O2. The van der Waals surface area contributed by atoms with Gasteiger partial charge in [0.1, 0.15) is 25.4 Å². The molecule has 19 heavy (non-hydrogen) atoms. The molecule has 0 amide bonds. The third kappa shape index (κ3) is 2.19. The van der Waals surface area contributed by atoms with Crippen LogP contribution in [0.5, 0.6) is 11.5 Å². The van der Waals surface area contributed by atoms with Crippen LogP contribution in [0.3, 0.4) is 0 Å². The van der Waals surface area contributed by atoms with Crippen molar-refractivity contribution in [2.75, 3.05) is 25.6 Å². The van der Waals surface area contributed by atoms with Crippen molar-refractivity contribution in [2.45, 2.75) is 6.92 Å². The lowest BCUT2D eigenvalue weighted by molar-refractivity contribution is 0.171. The smallest absolute Gasteiger partial charge is 0.162 e. The standard InChI is InChI=1S/C14H15N3O2/c1-9-5-12-13(19-4-3-18-12)6-10(9)11-7-14(15-2)17-8-16-11/h5-8H,3-4H2,1-2H3,(H,15,16,17). The van der Waals surface area contributed by atoms with E-state index in [2.05, 4.69) is 15.3 Å². The molecule has 1 aromatic heterocycles. The van der Waals surface area contributed by atoms with Crippen molar-refractivity contribution >= 4 is 5.82 Å². The third-order valence-corrected chi connectivity index (χ3v) is 3.09. The number of benzene rings is 1. The maximum absolute atomic E-state index is 5.61. The second-order valence-electron chi connectivity index (χ2n) is 4.35. The van der Waals surface area contributed by atoms with Gasteiger partial charge < -0.3 is 14.8 Å². The quantitative estimate of drug-likeness (QED) is 0.894. The highest BCUT2D eigenvalue weighted by atomic mass is 16.6. The highest BCUT2D eigenvalue weighted by Crippen LogP contribution is 2.36. The van der Waals surface area contributed by atoms with Crippen LogP contribution in [-0.2, 0) is 0 Å². The number of hydrogen-bond acceptors (Lipinski definition) is 5. The van der Waals surface area contributed by atoms with Crippen molar-refractivity contribution in [3.63, 3.8) is 0 Å². The predicted octanol–water partition coefficient (Wildman–Crippen LogP) is 2.26. The van der Waals surface area contributed by atoms with Gasteiger partial charge in [0.05, 0.1) is 5.69 Å². The van der Waals surface area contributed by atoms with Gasteiger partial charge in [-0.1, -0.05) is 0 Å². The summed E-state index contributed by atoms with van der Waals surface area (Å²) in [6.07, 6.45) is 1.55. The van der Waals surface area contributed by atoms with E-state index in [9.17, 15) is 0 Å². The van der Waals surface area contributed by atoms with E-state index in [1.54, 1.807) is 6.33 Å².